The molecule has 4 nitrogen and oxygen atoms in total. The number of pyridine rings is 4. The Kier molecular flexibility index (Phi) is 3.78. The Bertz CT molecular complexity index is 872. The van der Waals surface area contributed by atoms with Crippen molar-refractivity contribution >= 4 is 0 Å². The zero-order valence-corrected chi connectivity index (χ0v) is 13.2. The molecule has 114 valence electrons. The molecule has 0 spiro atoms. The van der Waals surface area contributed by atoms with Gasteiger partial charge in [0.15, 0.2) is 18.6 Å². The number of hydrogen-bond acceptors (Lipinski definition) is 0. The van der Waals surface area contributed by atoms with E-state index in [1.165, 1.54) is 0 Å². The van der Waals surface area contributed by atoms with Gasteiger partial charge in [-0.05, 0) is 22.8 Å². The van der Waals surface area contributed by atoms with Gasteiger partial charge in [0, 0.05) is 36.4 Å². The van der Waals surface area contributed by atoms with Crippen molar-refractivity contribution in [3.05, 3.63) is 110 Å². The van der Waals surface area contributed by atoms with E-state index in [0.717, 1.165) is 11.6 Å². The van der Waals surface area contributed by atoms with Gasteiger partial charge in [0.25, 0.3) is 0 Å². The molecule has 0 bridgehead atoms. The fourth-order valence-electron chi connectivity index (χ4n) is 2.73. The predicted molar refractivity (Wildman–Crippen MR) is 87.1 cm³/mol. The molecule has 0 atom stereocenters. The van der Waals surface area contributed by atoms with Crippen molar-refractivity contribution in [3.8, 4) is 11.6 Å². The van der Waals surface area contributed by atoms with E-state index in [0.29, 0.717) is 0 Å². The van der Waals surface area contributed by atoms with E-state index in [9.17, 15) is 0 Å². The van der Waals surface area contributed by atoms with E-state index < -0.39 is 0 Å². The van der Waals surface area contributed by atoms with Crippen molar-refractivity contribution in [2.24, 2.45) is 0 Å². The molecule has 4 aromatic rings. The largest absolute Gasteiger partial charge is 0.518 e. The zero-order valence-electron chi connectivity index (χ0n) is 13.2. The van der Waals surface area contributed by atoms with Gasteiger partial charge < -0.3 is 0 Å². The van der Waals surface area contributed by atoms with Crippen LogP contribution >= 0.6 is 0 Å². The van der Waals surface area contributed by atoms with Gasteiger partial charge in [-0.25, -0.2) is 0 Å². The summed E-state index contributed by atoms with van der Waals surface area (Å²) in [5.74, 6) is 2.11. The van der Waals surface area contributed by atoms with Crippen LogP contribution in [0.15, 0.2) is 110 Å². The molecule has 0 N–H and O–H groups in total. The number of aromatic nitrogens is 4. The normalized spacial score (nSPS) is 10.5. The summed E-state index contributed by atoms with van der Waals surface area (Å²) in [7, 11) is 0. The predicted octanol–water partition coefficient (Wildman–Crippen LogP) is 1.13. The number of hydrogen-bond donors (Lipinski definition) is 0. The quantitative estimate of drug-likeness (QED) is 0.504. The van der Waals surface area contributed by atoms with Gasteiger partial charge in [0.1, 0.15) is 4.68 Å². The number of rotatable bonds is 3. The van der Waals surface area contributed by atoms with Crippen molar-refractivity contribution in [2.75, 3.05) is 0 Å². The van der Waals surface area contributed by atoms with E-state index in [1.807, 2.05) is 60.9 Å². The molecule has 0 aliphatic carbocycles. The second kappa shape index (κ2) is 6.38. The third-order valence-electron chi connectivity index (χ3n) is 3.83. The summed E-state index contributed by atoms with van der Waals surface area (Å²) in [6.45, 7) is 0. The van der Waals surface area contributed by atoms with Crippen molar-refractivity contribution in [3.63, 3.8) is 0 Å². The number of nitrogens with zero attached hydrogens (tertiary/aromatic N) is 4. The topological polar surface area (TPSA) is 15.5 Å². The van der Waals surface area contributed by atoms with Crippen molar-refractivity contribution in [1.82, 2.24) is 0 Å². The molecule has 0 aliphatic heterocycles. The molecule has 4 heterocycles. The highest BCUT2D eigenvalue weighted by Gasteiger charge is 2.33. The van der Waals surface area contributed by atoms with Crippen LogP contribution in [0.3, 0.4) is 0 Å². The van der Waals surface area contributed by atoms with Gasteiger partial charge in [-0.1, -0.05) is 6.07 Å². The molecule has 0 fully saturated rings. The Morgan fingerprint density at radius 3 is 1.79 bits per heavy atom. The molecule has 4 heteroatoms. The lowest BCUT2D eigenvalue weighted by Gasteiger charge is -1.96. The fourth-order valence-corrected chi connectivity index (χ4v) is 2.73. The standard InChI is InChI=1S/C20H18N4/c1-5-13-21(14-6-1)19-11-3-9-17-23(19)20-12-4-10-18-24(20)22-15-7-2-8-16-22/h1-18H/q+4. The van der Waals surface area contributed by atoms with Crippen LogP contribution in [0.2, 0.25) is 0 Å². The first-order valence-electron chi connectivity index (χ1n) is 7.89. The Balaban J connectivity index is 1.93. The molecule has 0 saturated heterocycles. The van der Waals surface area contributed by atoms with Gasteiger partial charge in [-0.2, -0.15) is 0 Å². The van der Waals surface area contributed by atoms with Crippen LogP contribution in [0, 0.1) is 0 Å². The summed E-state index contributed by atoms with van der Waals surface area (Å²) in [5, 5.41) is 0. The minimum atomic E-state index is 1.04. The van der Waals surface area contributed by atoms with Crippen molar-refractivity contribution < 1.29 is 18.5 Å². The minimum absolute atomic E-state index is 1.04. The van der Waals surface area contributed by atoms with E-state index in [2.05, 4.69) is 67.5 Å². The van der Waals surface area contributed by atoms with Gasteiger partial charge in [0.05, 0.1) is 16.8 Å². The summed E-state index contributed by atoms with van der Waals surface area (Å²) in [6, 6.07) is 24.5. The molecular weight excluding hydrogens is 296 g/mol. The SMILES string of the molecule is c1cc[n+](-c2cccc[n+]2-c2cccc[n+]2-[n+]2ccccc2)cc1. The lowest BCUT2D eigenvalue weighted by atomic mass is 10.3. The smallest absolute Gasteiger partial charge is 0.111 e. The summed E-state index contributed by atoms with van der Waals surface area (Å²) in [6.07, 6.45) is 12.3. The molecule has 0 unspecified atom stereocenters. The van der Waals surface area contributed by atoms with E-state index in [1.54, 1.807) is 0 Å². The van der Waals surface area contributed by atoms with Gasteiger partial charge >= 0.3 is 11.6 Å². The van der Waals surface area contributed by atoms with Crippen molar-refractivity contribution in [1.29, 1.82) is 0 Å². The lowest BCUT2D eigenvalue weighted by Crippen LogP contribution is -2.71. The van der Waals surface area contributed by atoms with Crippen molar-refractivity contribution in [2.45, 2.75) is 0 Å². The third-order valence-corrected chi connectivity index (χ3v) is 3.83. The molecule has 0 aliphatic rings. The first-order chi connectivity index (χ1) is 11.9. The van der Waals surface area contributed by atoms with Crippen LogP contribution in [0.25, 0.3) is 11.6 Å². The van der Waals surface area contributed by atoms with Crippen LogP contribution in [0.1, 0.15) is 0 Å². The molecule has 24 heavy (non-hydrogen) atoms. The molecule has 4 rings (SSSR count). The lowest BCUT2D eigenvalue weighted by molar-refractivity contribution is -1.30. The maximum absolute atomic E-state index is 2.17. The van der Waals surface area contributed by atoms with Crippen LogP contribution < -0.4 is 18.5 Å². The first-order valence-corrected chi connectivity index (χ1v) is 7.89. The fraction of sp³-hybridized carbons (Fsp3) is 0. The minimum Gasteiger partial charge on any atom is -0.111 e. The van der Waals surface area contributed by atoms with Gasteiger partial charge in [-0.3, -0.25) is 0 Å². The molecule has 0 aromatic carbocycles. The molecule has 0 amide bonds. The maximum atomic E-state index is 2.17. The monoisotopic (exact) mass is 314 g/mol. The zero-order chi connectivity index (χ0) is 16.2. The summed E-state index contributed by atoms with van der Waals surface area (Å²) in [5.41, 5.74) is 0. The van der Waals surface area contributed by atoms with E-state index >= 15 is 0 Å². The van der Waals surface area contributed by atoms with Crippen LogP contribution in [-0.2, 0) is 0 Å². The Morgan fingerprint density at radius 2 is 1.04 bits per heavy atom. The average molecular weight is 314 g/mol. The van der Waals surface area contributed by atoms with E-state index in [4.69, 9.17) is 0 Å². The summed E-state index contributed by atoms with van der Waals surface area (Å²) in [4.78, 5) is 0. The van der Waals surface area contributed by atoms with Gasteiger partial charge in [0.2, 0.25) is 18.6 Å². The van der Waals surface area contributed by atoms with Gasteiger partial charge in [-0.15, -0.1) is 4.57 Å². The average Bonchev–Trinajstić information content (AvgIpc) is 2.69. The highest BCUT2D eigenvalue weighted by molar-refractivity contribution is 5.10. The second-order valence-corrected chi connectivity index (χ2v) is 5.37. The van der Waals surface area contributed by atoms with E-state index in [-0.39, 0.29) is 0 Å². The summed E-state index contributed by atoms with van der Waals surface area (Å²) < 4.78 is 8.43. The van der Waals surface area contributed by atoms with Crippen LogP contribution in [0.5, 0.6) is 0 Å². The highest BCUT2D eigenvalue weighted by atomic mass is 15.5. The highest BCUT2D eigenvalue weighted by Crippen LogP contribution is 1.97. The Morgan fingerprint density at radius 1 is 0.458 bits per heavy atom. The van der Waals surface area contributed by atoms with Crippen LogP contribution in [0.4, 0.5) is 0 Å². The Labute approximate surface area is 140 Å². The second-order valence-electron chi connectivity index (χ2n) is 5.37. The molecule has 0 radical (unpaired) electrons. The maximum Gasteiger partial charge on any atom is 0.518 e. The third kappa shape index (κ3) is 2.65. The Hall–Kier alpha value is -3.40. The summed E-state index contributed by atoms with van der Waals surface area (Å²) >= 11 is 0. The first kappa shape index (κ1) is 14.2. The molecular formula is C20H18N4+4. The molecule has 4 aromatic heterocycles. The molecule has 0 saturated carbocycles. The van der Waals surface area contributed by atoms with Crippen LogP contribution in [-0.4, -0.2) is 0 Å².